The minimum Gasteiger partial charge on any atom is -0.480 e. The summed E-state index contributed by atoms with van der Waals surface area (Å²) in [6.07, 6.45) is 2.79. The molecule has 0 aromatic heterocycles. The maximum Gasteiger partial charge on any atom is 0.320 e. The Morgan fingerprint density at radius 1 is 1.50 bits per heavy atom. The molecule has 0 saturated carbocycles. The molecule has 16 heavy (non-hydrogen) atoms. The van der Waals surface area contributed by atoms with Crippen LogP contribution in [0.4, 0.5) is 0 Å². The molecule has 0 aliphatic carbocycles. The van der Waals surface area contributed by atoms with E-state index < -0.39 is 5.97 Å². The minimum atomic E-state index is -0.692. The fourth-order valence-corrected chi connectivity index (χ4v) is 2.26. The van der Waals surface area contributed by atoms with E-state index in [0.717, 1.165) is 32.5 Å². The van der Waals surface area contributed by atoms with Gasteiger partial charge in [0.25, 0.3) is 0 Å². The normalized spacial score (nSPS) is 20.1. The molecule has 1 N–H and O–H groups in total. The summed E-state index contributed by atoms with van der Waals surface area (Å²) < 4.78 is 5.12. The van der Waals surface area contributed by atoms with Gasteiger partial charge in [-0.1, -0.05) is 6.92 Å². The summed E-state index contributed by atoms with van der Waals surface area (Å²) in [6, 6.07) is -0.298. The molecule has 1 heterocycles. The molecular weight excluding hydrogens is 230 g/mol. The Balaban J connectivity index is 0.00000225. The van der Waals surface area contributed by atoms with Gasteiger partial charge < -0.3 is 9.84 Å². The van der Waals surface area contributed by atoms with Gasteiger partial charge in [-0.3, -0.25) is 9.69 Å². The summed E-state index contributed by atoms with van der Waals surface area (Å²) in [5.74, 6) is -0.0831. The summed E-state index contributed by atoms with van der Waals surface area (Å²) >= 11 is 0. The zero-order valence-corrected chi connectivity index (χ0v) is 10.8. The highest BCUT2D eigenvalue weighted by Gasteiger charge is 2.27. The molecule has 0 radical (unpaired) electrons. The number of aliphatic carboxylic acids is 1. The first-order chi connectivity index (χ1) is 7.19. The van der Waals surface area contributed by atoms with Crippen molar-refractivity contribution >= 4 is 18.4 Å². The highest BCUT2D eigenvalue weighted by atomic mass is 35.5. The Morgan fingerprint density at radius 3 is 2.44 bits per heavy atom. The lowest BCUT2D eigenvalue weighted by atomic mass is 9.96. The van der Waals surface area contributed by atoms with Crippen molar-refractivity contribution in [1.29, 1.82) is 0 Å². The Hall–Kier alpha value is -0.320. The van der Waals surface area contributed by atoms with Gasteiger partial charge in [0.1, 0.15) is 6.04 Å². The number of carbonyl (C=O) groups is 1. The lowest BCUT2D eigenvalue weighted by Crippen LogP contribution is -2.45. The smallest absolute Gasteiger partial charge is 0.320 e. The number of carboxylic acids is 1. The van der Waals surface area contributed by atoms with Gasteiger partial charge in [0, 0.05) is 13.7 Å². The molecule has 0 aromatic rings. The van der Waals surface area contributed by atoms with Crippen molar-refractivity contribution in [3.05, 3.63) is 0 Å². The Kier molecular flexibility index (Phi) is 7.72. The van der Waals surface area contributed by atoms with E-state index >= 15 is 0 Å². The molecule has 1 fully saturated rings. The van der Waals surface area contributed by atoms with Crippen LogP contribution in [0.3, 0.4) is 0 Å². The van der Waals surface area contributed by atoms with E-state index in [1.807, 2.05) is 6.92 Å². The molecule has 1 atom stereocenters. The number of hydrogen-bond acceptors (Lipinski definition) is 3. The van der Waals surface area contributed by atoms with Gasteiger partial charge in [0.15, 0.2) is 0 Å². The van der Waals surface area contributed by atoms with Gasteiger partial charge >= 0.3 is 5.97 Å². The number of likely N-dealkylation sites (tertiary alicyclic amines) is 1. The van der Waals surface area contributed by atoms with Crippen molar-refractivity contribution in [2.24, 2.45) is 5.92 Å². The molecule has 0 bridgehead atoms. The first kappa shape index (κ1) is 15.7. The lowest BCUT2D eigenvalue weighted by molar-refractivity contribution is -0.144. The number of piperidine rings is 1. The first-order valence-corrected chi connectivity index (χ1v) is 5.64. The molecule has 1 saturated heterocycles. The molecule has 0 amide bonds. The number of ether oxygens (including phenoxy) is 1. The molecule has 4 nitrogen and oxygen atoms in total. The molecule has 1 rings (SSSR count). The van der Waals surface area contributed by atoms with E-state index in [1.54, 1.807) is 7.11 Å². The van der Waals surface area contributed by atoms with Crippen LogP contribution in [0.15, 0.2) is 0 Å². The molecule has 96 valence electrons. The molecule has 1 unspecified atom stereocenters. The average Bonchev–Trinajstić information content (AvgIpc) is 2.21. The summed E-state index contributed by atoms with van der Waals surface area (Å²) in [4.78, 5) is 13.0. The molecule has 5 heteroatoms. The second-order valence-electron chi connectivity index (χ2n) is 4.20. The number of rotatable bonds is 5. The first-order valence-electron chi connectivity index (χ1n) is 5.64. The third-order valence-electron chi connectivity index (χ3n) is 3.16. The highest BCUT2D eigenvalue weighted by Crippen LogP contribution is 2.20. The molecule has 0 spiro atoms. The van der Waals surface area contributed by atoms with Crippen LogP contribution < -0.4 is 0 Å². The van der Waals surface area contributed by atoms with E-state index in [-0.39, 0.29) is 18.4 Å². The van der Waals surface area contributed by atoms with Crippen LogP contribution in [-0.2, 0) is 9.53 Å². The van der Waals surface area contributed by atoms with Crippen molar-refractivity contribution in [3.63, 3.8) is 0 Å². The van der Waals surface area contributed by atoms with Crippen LogP contribution in [0.1, 0.15) is 26.2 Å². The number of halogens is 1. The van der Waals surface area contributed by atoms with E-state index in [9.17, 15) is 4.79 Å². The predicted molar refractivity (Wildman–Crippen MR) is 65.1 cm³/mol. The minimum absolute atomic E-state index is 0. The highest BCUT2D eigenvalue weighted by molar-refractivity contribution is 5.85. The van der Waals surface area contributed by atoms with Crippen molar-refractivity contribution in [2.75, 3.05) is 26.8 Å². The lowest BCUT2D eigenvalue weighted by Gasteiger charge is -2.35. The van der Waals surface area contributed by atoms with Crippen LogP contribution in [0, 0.1) is 5.92 Å². The van der Waals surface area contributed by atoms with Gasteiger partial charge in [-0.05, 0) is 38.3 Å². The second-order valence-corrected chi connectivity index (χ2v) is 4.20. The zero-order chi connectivity index (χ0) is 11.3. The van der Waals surface area contributed by atoms with Crippen molar-refractivity contribution in [1.82, 2.24) is 4.90 Å². The number of methoxy groups -OCH3 is 1. The maximum absolute atomic E-state index is 11.0. The fraction of sp³-hybridized carbons (Fsp3) is 0.909. The zero-order valence-electron chi connectivity index (χ0n) is 10.0. The van der Waals surface area contributed by atoms with E-state index in [2.05, 4.69) is 4.90 Å². The van der Waals surface area contributed by atoms with Crippen molar-refractivity contribution < 1.29 is 14.6 Å². The monoisotopic (exact) mass is 251 g/mol. The van der Waals surface area contributed by atoms with Crippen LogP contribution in [-0.4, -0.2) is 48.8 Å². The molecular formula is C11H22ClNO3. The Bertz CT molecular complexity index is 205. The van der Waals surface area contributed by atoms with Gasteiger partial charge in [0.05, 0.1) is 0 Å². The van der Waals surface area contributed by atoms with E-state index in [0.29, 0.717) is 12.3 Å². The van der Waals surface area contributed by atoms with Gasteiger partial charge in [-0.2, -0.15) is 0 Å². The largest absolute Gasteiger partial charge is 0.480 e. The number of carboxylic acid groups (broad SMARTS) is 1. The van der Waals surface area contributed by atoms with Crippen LogP contribution in [0.2, 0.25) is 0 Å². The summed E-state index contributed by atoms with van der Waals surface area (Å²) in [5.41, 5.74) is 0. The quantitative estimate of drug-likeness (QED) is 0.807. The fourth-order valence-electron chi connectivity index (χ4n) is 2.26. The van der Waals surface area contributed by atoms with Crippen LogP contribution in [0.25, 0.3) is 0 Å². The summed E-state index contributed by atoms with van der Waals surface area (Å²) in [5, 5.41) is 9.03. The topological polar surface area (TPSA) is 49.8 Å². The molecule has 0 aromatic carbocycles. The number of nitrogens with zero attached hydrogens (tertiary/aromatic N) is 1. The molecule has 1 aliphatic rings. The predicted octanol–water partition coefficient (Wildman–Crippen LogP) is 1.63. The average molecular weight is 252 g/mol. The second kappa shape index (κ2) is 7.87. The van der Waals surface area contributed by atoms with E-state index in [4.69, 9.17) is 9.84 Å². The van der Waals surface area contributed by atoms with Gasteiger partial charge in [0.2, 0.25) is 0 Å². The van der Waals surface area contributed by atoms with Crippen molar-refractivity contribution in [2.45, 2.75) is 32.2 Å². The SMILES string of the molecule is CCC(C(=O)O)N1CCC(COC)CC1.Cl. The Morgan fingerprint density at radius 2 is 2.06 bits per heavy atom. The van der Waals surface area contributed by atoms with Crippen molar-refractivity contribution in [3.8, 4) is 0 Å². The Labute approximate surface area is 103 Å². The van der Waals surface area contributed by atoms with Crippen LogP contribution in [0.5, 0.6) is 0 Å². The van der Waals surface area contributed by atoms with E-state index in [1.165, 1.54) is 0 Å². The summed E-state index contributed by atoms with van der Waals surface area (Å²) in [6.45, 7) is 4.51. The molecule has 1 aliphatic heterocycles. The van der Waals surface area contributed by atoms with Crippen LogP contribution >= 0.6 is 12.4 Å². The third-order valence-corrected chi connectivity index (χ3v) is 3.16. The summed E-state index contributed by atoms with van der Waals surface area (Å²) in [7, 11) is 1.72. The van der Waals surface area contributed by atoms with Gasteiger partial charge in [-0.25, -0.2) is 0 Å². The maximum atomic E-state index is 11.0. The standard InChI is InChI=1S/C11H21NO3.ClH/c1-3-10(11(13)14)12-6-4-9(5-7-12)8-15-2;/h9-10H,3-8H2,1-2H3,(H,13,14);1H. The third kappa shape index (κ3) is 4.28. The number of hydrogen-bond donors (Lipinski definition) is 1. The van der Waals surface area contributed by atoms with Gasteiger partial charge in [-0.15, -0.1) is 12.4 Å².